The average Bonchev–Trinajstić information content (AvgIpc) is 3.08. The summed E-state index contributed by atoms with van der Waals surface area (Å²) in [5, 5.41) is 9.52. The van der Waals surface area contributed by atoms with Crippen LogP contribution in [-0.4, -0.2) is 66.5 Å². The molecular weight excluding hydrogens is 567 g/mol. The zero-order valence-corrected chi connectivity index (χ0v) is 21.0. The van der Waals surface area contributed by atoms with E-state index in [1.54, 1.807) is 0 Å². The predicted molar refractivity (Wildman–Crippen MR) is 122 cm³/mol. The topological polar surface area (TPSA) is 60.9 Å². The van der Waals surface area contributed by atoms with Crippen molar-refractivity contribution >= 4 is 10.0 Å². The van der Waals surface area contributed by atoms with Crippen molar-refractivity contribution in [3.05, 3.63) is 59.2 Å². The molecule has 0 aromatic heterocycles. The zero-order valence-electron chi connectivity index (χ0n) is 20.2. The Balaban J connectivity index is 1.62. The fraction of sp³-hybridized carbons (Fsp3) is 0.500. The minimum absolute atomic E-state index is 0.0805. The summed E-state index contributed by atoms with van der Waals surface area (Å²) >= 11 is 0. The highest BCUT2D eigenvalue weighted by Crippen LogP contribution is 2.50. The van der Waals surface area contributed by atoms with Crippen molar-refractivity contribution in [2.75, 3.05) is 19.3 Å². The Morgan fingerprint density at radius 1 is 0.846 bits per heavy atom. The van der Waals surface area contributed by atoms with E-state index in [0.29, 0.717) is 50.2 Å². The first-order valence-corrected chi connectivity index (χ1v) is 13.5. The van der Waals surface area contributed by atoms with Crippen LogP contribution in [-0.2, 0) is 28.3 Å². The Kier molecular flexibility index (Phi) is 7.31. The number of alkyl halides is 9. The van der Waals surface area contributed by atoms with Crippen LogP contribution in [0.4, 0.5) is 39.5 Å². The summed E-state index contributed by atoms with van der Waals surface area (Å²) in [7, 11) is -3.43. The van der Waals surface area contributed by atoms with Gasteiger partial charge in [0.1, 0.15) is 0 Å². The molecule has 2 aliphatic rings. The molecule has 0 aliphatic carbocycles. The first-order valence-electron chi connectivity index (χ1n) is 11.6. The minimum Gasteiger partial charge on any atom is -0.369 e. The maximum Gasteiger partial charge on any atom is 0.430 e. The van der Waals surface area contributed by atoms with Crippen molar-refractivity contribution in [3.63, 3.8) is 0 Å². The predicted octanol–water partition coefficient (Wildman–Crippen LogP) is 5.29. The standard InChI is InChI=1S/C24H23F9N2O3S/c1-39(37,38)35-17-7-8-18(35)13-34(12-17)11-14-2-9-19(20(10-14)22(25,26)27)15-3-5-16(6-4-15)21(36,23(28,29)30)24(31,32)33/h2-6,9-10,17-18,36H,7-8,11-13H2,1H3. The molecule has 0 radical (unpaired) electrons. The van der Waals surface area contributed by atoms with Crippen LogP contribution in [0.1, 0.15) is 29.5 Å². The van der Waals surface area contributed by atoms with Crippen molar-refractivity contribution in [1.29, 1.82) is 0 Å². The molecule has 2 aliphatic heterocycles. The number of nitrogens with zero attached hydrogens (tertiary/aromatic N) is 2. The van der Waals surface area contributed by atoms with E-state index < -0.39 is 50.8 Å². The van der Waals surface area contributed by atoms with Gasteiger partial charge in [-0.1, -0.05) is 36.4 Å². The second-order valence-corrected chi connectivity index (χ2v) is 11.7. The number of hydrogen-bond donors (Lipinski definition) is 1. The third-order valence-electron chi connectivity index (χ3n) is 7.10. The number of likely N-dealkylation sites (tertiary alicyclic amines) is 1. The Bertz CT molecular complexity index is 1290. The molecule has 5 nitrogen and oxygen atoms in total. The van der Waals surface area contributed by atoms with Crippen LogP contribution in [0.2, 0.25) is 0 Å². The molecule has 0 amide bonds. The van der Waals surface area contributed by atoms with Gasteiger partial charge in [-0.05, 0) is 35.6 Å². The van der Waals surface area contributed by atoms with Gasteiger partial charge >= 0.3 is 18.5 Å². The van der Waals surface area contributed by atoms with Crippen LogP contribution in [0.15, 0.2) is 42.5 Å². The lowest BCUT2D eigenvalue weighted by Crippen LogP contribution is -2.54. The van der Waals surface area contributed by atoms with Crippen molar-refractivity contribution < 1.29 is 53.0 Å². The molecular formula is C24H23F9N2O3S. The lowest BCUT2D eigenvalue weighted by atomic mass is 9.89. The van der Waals surface area contributed by atoms with Crippen LogP contribution in [0.3, 0.4) is 0 Å². The molecule has 0 spiro atoms. The summed E-state index contributed by atoms with van der Waals surface area (Å²) < 4.78 is 146. The minimum atomic E-state index is -6.13. The van der Waals surface area contributed by atoms with E-state index in [9.17, 15) is 53.0 Å². The molecule has 2 saturated heterocycles. The maximum absolute atomic E-state index is 14.0. The Morgan fingerprint density at radius 2 is 1.36 bits per heavy atom. The SMILES string of the molecule is CS(=O)(=O)N1C2CCC1CN(Cc1ccc(-c3ccc(C(O)(C(F)(F)F)C(F)(F)F)cc3)c(C(F)(F)F)c1)C2. The van der Waals surface area contributed by atoms with Gasteiger partial charge in [-0.3, -0.25) is 4.90 Å². The van der Waals surface area contributed by atoms with E-state index in [1.807, 2.05) is 4.90 Å². The van der Waals surface area contributed by atoms with Crippen LogP contribution >= 0.6 is 0 Å². The van der Waals surface area contributed by atoms with Crippen molar-refractivity contribution in [1.82, 2.24) is 9.21 Å². The van der Waals surface area contributed by atoms with E-state index in [-0.39, 0.29) is 29.8 Å². The van der Waals surface area contributed by atoms with Gasteiger partial charge < -0.3 is 5.11 Å². The molecule has 2 unspecified atom stereocenters. The van der Waals surface area contributed by atoms with Gasteiger partial charge in [-0.2, -0.15) is 43.8 Å². The molecule has 4 rings (SSSR count). The van der Waals surface area contributed by atoms with Gasteiger partial charge in [0.15, 0.2) is 0 Å². The average molecular weight is 591 g/mol. The number of hydrogen-bond acceptors (Lipinski definition) is 4. The highest BCUT2D eigenvalue weighted by atomic mass is 32.2. The second kappa shape index (κ2) is 9.63. The molecule has 2 heterocycles. The Hall–Kier alpha value is -2.36. The summed E-state index contributed by atoms with van der Waals surface area (Å²) in [5.74, 6) is 0. The van der Waals surface area contributed by atoms with Crippen molar-refractivity contribution in [3.8, 4) is 11.1 Å². The number of rotatable bonds is 5. The van der Waals surface area contributed by atoms with E-state index in [4.69, 9.17) is 0 Å². The molecule has 216 valence electrons. The Morgan fingerprint density at radius 3 is 1.79 bits per heavy atom. The van der Waals surface area contributed by atoms with Gasteiger partial charge in [0.25, 0.3) is 5.60 Å². The summed E-state index contributed by atoms with van der Waals surface area (Å²) in [6.07, 6.45) is -14.8. The van der Waals surface area contributed by atoms with E-state index in [0.717, 1.165) is 18.4 Å². The first-order chi connectivity index (χ1) is 17.7. The van der Waals surface area contributed by atoms with Gasteiger partial charge in [0.05, 0.1) is 11.8 Å². The fourth-order valence-electron chi connectivity index (χ4n) is 5.44. The number of sulfonamides is 1. The normalized spacial score (nSPS) is 21.9. The van der Waals surface area contributed by atoms with Crippen LogP contribution in [0.25, 0.3) is 11.1 Å². The summed E-state index contributed by atoms with van der Waals surface area (Å²) in [6.45, 7) is 0.738. The monoisotopic (exact) mass is 590 g/mol. The largest absolute Gasteiger partial charge is 0.430 e. The van der Waals surface area contributed by atoms with Crippen molar-refractivity contribution in [2.24, 2.45) is 0 Å². The lowest BCUT2D eigenvalue weighted by Gasteiger charge is -2.39. The van der Waals surface area contributed by atoms with E-state index in [1.165, 1.54) is 10.4 Å². The van der Waals surface area contributed by atoms with Crippen LogP contribution in [0, 0.1) is 0 Å². The van der Waals surface area contributed by atoms with Crippen LogP contribution in [0.5, 0.6) is 0 Å². The Labute approximate surface area is 217 Å². The molecule has 0 saturated carbocycles. The summed E-state index contributed by atoms with van der Waals surface area (Å²) in [6, 6.07) is 4.63. The number of benzene rings is 2. The molecule has 2 aromatic rings. The smallest absolute Gasteiger partial charge is 0.369 e. The number of aliphatic hydroxyl groups is 1. The number of piperazine rings is 1. The third kappa shape index (κ3) is 5.50. The fourth-order valence-corrected chi connectivity index (χ4v) is 6.86. The summed E-state index contributed by atoms with van der Waals surface area (Å²) in [5.41, 5.74) is -8.45. The van der Waals surface area contributed by atoms with E-state index in [2.05, 4.69) is 0 Å². The van der Waals surface area contributed by atoms with Gasteiger partial charge in [-0.25, -0.2) is 8.42 Å². The second-order valence-electron chi connectivity index (χ2n) is 9.83. The first kappa shape index (κ1) is 29.6. The molecule has 2 atom stereocenters. The molecule has 2 aromatic carbocycles. The maximum atomic E-state index is 14.0. The van der Waals surface area contributed by atoms with E-state index >= 15 is 0 Å². The molecule has 1 N–H and O–H groups in total. The number of halogens is 9. The zero-order chi connectivity index (χ0) is 29.2. The molecule has 2 bridgehead atoms. The summed E-state index contributed by atoms with van der Waals surface area (Å²) in [4.78, 5) is 1.85. The van der Waals surface area contributed by atoms with Gasteiger partial charge in [-0.15, -0.1) is 0 Å². The van der Waals surface area contributed by atoms with Crippen LogP contribution < -0.4 is 0 Å². The van der Waals surface area contributed by atoms with Crippen molar-refractivity contribution in [2.45, 2.75) is 55.6 Å². The lowest BCUT2D eigenvalue weighted by molar-refractivity contribution is -0.376. The third-order valence-corrected chi connectivity index (χ3v) is 8.47. The quantitative estimate of drug-likeness (QED) is 0.481. The van der Waals surface area contributed by atoms with Gasteiger partial charge in [0.2, 0.25) is 10.0 Å². The van der Waals surface area contributed by atoms with Gasteiger partial charge in [0, 0.05) is 37.3 Å². The highest BCUT2D eigenvalue weighted by molar-refractivity contribution is 7.88. The highest BCUT2D eigenvalue weighted by Gasteiger charge is 2.71. The number of fused-ring (bicyclic) bond motifs is 2. The molecule has 39 heavy (non-hydrogen) atoms. The molecule has 15 heteroatoms. The molecule has 2 fully saturated rings.